The van der Waals surface area contributed by atoms with Crippen molar-refractivity contribution in [2.24, 2.45) is 11.8 Å². The van der Waals surface area contributed by atoms with Crippen LogP contribution in [-0.2, 0) is 21.9 Å². The Balaban J connectivity index is 1.54. The highest BCUT2D eigenvalue weighted by Crippen LogP contribution is 2.39. The quantitative estimate of drug-likeness (QED) is 0.359. The molecule has 1 aliphatic heterocycles. The molecule has 1 saturated heterocycles. The van der Waals surface area contributed by atoms with E-state index in [1.54, 1.807) is 4.90 Å². The number of amides is 4. The average Bonchev–Trinajstić information content (AvgIpc) is 3.47. The van der Waals surface area contributed by atoms with Gasteiger partial charge in [-0.25, -0.2) is 14.0 Å². The van der Waals surface area contributed by atoms with Gasteiger partial charge < -0.3 is 19.9 Å². The van der Waals surface area contributed by atoms with Gasteiger partial charge in [0.15, 0.2) is 0 Å². The minimum Gasteiger partial charge on any atom is -0.449 e. The predicted octanol–water partition coefficient (Wildman–Crippen LogP) is 6.51. The van der Waals surface area contributed by atoms with Crippen molar-refractivity contribution >= 4 is 23.7 Å². The predicted molar refractivity (Wildman–Crippen MR) is 153 cm³/mol. The Hall–Kier alpha value is -4.04. The van der Waals surface area contributed by atoms with E-state index in [1.165, 1.54) is 43.3 Å². The number of likely N-dealkylation sites (N-methyl/N-ethyl adjacent to an activating group) is 1. The average molecular weight is 661 g/mol. The smallest absolute Gasteiger partial charge is 0.416 e. The van der Waals surface area contributed by atoms with E-state index in [1.807, 2.05) is 0 Å². The molecule has 15 heteroatoms. The van der Waals surface area contributed by atoms with Crippen molar-refractivity contribution in [2.45, 2.75) is 50.0 Å². The lowest BCUT2D eigenvalue weighted by Crippen LogP contribution is -2.48. The highest BCUT2D eigenvalue weighted by molar-refractivity contribution is 5.92. The number of nitrogens with one attached hydrogen (secondary N) is 1. The van der Waals surface area contributed by atoms with Gasteiger partial charge in [0, 0.05) is 51.8 Å². The third-order valence-corrected chi connectivity index (χ3v) is 8.79. The van der Waals surface area contributed by atoms with Crippen LogP contribution in [0.15, 0.2) is 42.5 Å². The molecule has 0 spiro atoms. The van der Waals surface area contributed by atoms with Crippen LogP contribution in [0.2, 0.25) is 0 Å². The molecule has 252 valence electrons. The first kappa shape index (κ1) is 34.8. The number of rotatable bonds is 6. The zero-order valence-corrected chi connectivity index (χ0v) is 25.4. The van der Waals surface area contributed by atoms with E-state index in [0.29, 0.717) is 48.3 Å². The number of alkyl halides is 6. The fourth-order valence-electron chi connectivity index (χ4n) is 6.12. The molecule has 4 amide bonds. The van der Waals surface area contributed by atoms with Crippen LogP contribution in [0, 0.1) is 17.7 Å². The van der Waals surface area contributed by atoms with Gasteiger partial charge in [0.05, 0.1) is 23.8 Å². The maximum absolute atomic E-state index is 13.8. The summed E-state index contributed by atoms with van der Waals surface area (Å²) < 4.78 is 99.8. The number of nitrogens with zero attached hydrogens (tertiary/aromatic N) is 3. The Kier molecular flexibility index (Phi) is 10.4. The van der Waals surface area contributed by atoms with Crippen LogP contribution in [-0.4, -0.2) is 74.7 Å². The topological polar surface area (TPSA) is 82.2 Å². The van der Waals surface area contributed by atoms with Crippen LogP contribution < -0.4 is 10.2 Å². The first-order valence-corrected chi connectivity index (χ1v) is 14.7. The summed E-state index contributed by atoms with van der Waals surface area (Å²) >= 11 is 0. The van der Waals surface area contributed by atoms with Crippen LogP contribution >= 0.6 is 0 Å². The number of carbonyl (C=O) groups excluding carboxylic acids is 3. The molecule has 4 rings (SSSR count). The first-order chi connectivity index (χ1) is 21.5. The van der Waals surface area contributed by atoms with E-state index in [2.05, 4.69) is 5.32 Å². The summed E-state index contributed by atoms with van der Waals surface area (Å²) in [5.41, 5.74) is -3.12. The standard InChI is InChI=1S/C31H35F7N4O4/c1-39-28(44)46-17-18-4-6-20(7-5-18)27(43)42-15-25(19-8-10-23(32)11-9-19)26(16-42)41(3)29(45)40(2)24-13-21(30(33,34)35)12-22(14-24)31(36,37)38/h8-14,18,20,25-26H,4-7,15-17H2,1-3H3,(H,39,44)/t18?,20?,25-,26+/m0/s1. The van der Waals surface area contributed by atoms with Crippen molar-refractivity contribution in [2.75, 3.05) is 45.7 Å². The van der Waals surface area contributed by atoms with Gasteiger partial charge in [-0.05, 0) is 67.5 Å². The number of ether oxygens (including phenoxy) is 1. The molecule has 1 heterocycles. The number of urea groups is 1. The summed E-state index contributed by atoms with van der Waals surface area (Å²) in [5.74, 6) is -1.39. The lowest BCUT2D eigenvalue weighted by molar-refractivity contribution is -0.143. The molecule has 2 aromatic rings. The number of halogens is 7. The molecule has 0 radical (unpaired) electrons. The minimum atomic E-state index is -5.10. The molecular weight excluding hydrogens is 625 g/mol. The molecular formula is C31H35F7N4O4. The summed E-state index contributed by atoms with van der Waals surface area (Å²) in [4.78, 5) is 42.2. The Morgan fingerprint density at radius 1 is 0.891 bits per heavy atom. The molecule has 8 nitrogen and oxygen atoms in total. The zero-order valence-electron chi connectivity index (χ0n) is 25.4. The van der Waals surface area contributed by atoms with Crippen molar-refractivity contribution in [3.63, 3.8) is 0 Å². The van der Waals surface area contributed by atoms with Gasteiger partial charge >= 0.3 is 24.5 Å². The minimum absolute atomic E-state index is 0.0149. The van der Waals surface area contributed by atoms with E-state index in [9.17, 15) is 45.1 Å². The Labute approximate surface area is 261 Å². The monoisotopic (exact) mass is 660 g/mol. The second kappa shape index (κ2) is 13.8. The van der Waals surface area contributed by atoms with E-state index in [0.717, 1.165) is 7.05 Å². The maximum atomic E-state index is 13.8. The summed E-state index contributed by atoms with van der Waals surface area (Å²) in [5, 5.41) is 2.38. The Bertz CT molecular complexity index is 1380. The van der Waals surface area contributed by atoms with E-state index in [4.69, 9.17) is 4.74 Å². The van der Waals surface area contributed by atoms with Crippen LogP contribution in [0.4, 0.5) is 46.0 Å². The van der Waals surface area contributed by atoms with Gasteiger partial charge in [-0.1, -0.05) is 12.1 Å². The number of anilines is 1. The number of benzene rings is 2. The molecule has 0 unspecified atom stereocenters. The molecule has 2 aliphatic rings. The highest BCUT2D eigenvalue weighted by Gasteiger charge is 2.43. The number of carbonyl (C=O) groups is 3. The summed E-state index contributed by atoms with van der Waals surface area (Å²) in [6.45, 7) is 0.445. The van der Waals surface area contributed by atoms with Crippen molar-refractivity contribution < 1.29 is 49.9 Å². The normalized spacial score (nSPS) is 21.9. The van der Waals surface area contributed by atoms with E-state index in [-0.39, 0.29) is 43.5 Å². The number of hydrogen-bond donors (Lipinski definition) is 1. The van der Waals surface area contributed by atoms with Crippen molar-refractivity contribution in [1.29, 1.82) is 0 Å². The van der Waals surface area contributed by atoms with E-state index >= 15 is 0 Å². The number of alkyl carbamates (subject to hydrolysis) is 1. The molecule has 0 aromatic heterocycles. The summed E-state index contributed by atoms with van der Waals surface area (Å²) in [6.07, 6.45) is -8.30. The lowest BCUT2D eigenvalue weighted by atomic mass is 9.81. The third kappa shape index (κ3) is 8.02. The molecule has 0 bridgehead atoms. The third-order valence-electron chi connectivity index (χ3n) is 8.79. The SMILES string of the molecule is CNC(=O)OCC1CCC(C(=O)N2C[C@@H](N(C)C(=O)N(C)c3cc(C(F)(F)F)cc(C(F)(F)F)c3)[C@H](c3ccc(F)cc3)C2)CC1. The van der Waals surface area contributed by atoms with Crippen molar-refractivity contribution in [3.8, 4) is 0 Å². The molecule has 46 heavy (non-hydrogen) atoms. The van der Waals surface area contributed by atoms with Crippen LogP contribution in [0.1, 0.15) is 48.3 Å². The second-order valence-electron chi connectivity index (χ2n) is 11.8. The summed E-state index contributed by atoms with van der Waals surface area (Å²) in [6, 6.07) is 4.80. The summed E-state index contributed by atoms with van der Waals surface area (Å²) in [7, 11) is 3.90. The first-order valence-electron chi connectivity index (χ1n) is 14.7. The van der Waals surface area contributed by atoms with Gasteiger partial charge in [-0.3, -0.25) is 9.69 Å². The van der Waals surface area contributed by atoms with Crippen LogP contribution in [0.25, 0.3) is 0 Å². The number of hydrogen-bond acceptors (Lipinski definition) is 4. The molecule has 2 aromatic carbocycles. The Morgan fingerprint density at radius 2 is 1.46 bits per heavy atom. The van der Waals surface area contributed by atoms with Gasteiger partial charge in [0.1, 0.15) is 5.82 Å². The van der Waals surface area contributed by atoms with Gasteiger partial charge in [0.25, 0.3) is 0 Å². The molecule has 1 saturated carbocycles. The second-order valence-corrected chi connectivity index (χ2v) is 11.8. The van der Waals surface area contributed by atoms with Gasteiger partial charge in [0.2, 0.25) is 5.91 Å². The molecule has 1 N–H and O–H groups in total. The lowest BCUT2D eigenvalue weighted by Gasteiger charge is -2.33. The maximum Gasteiger partial charge on any atom is 0.416 e. The number of likely N-dealkylation sites (tertiary alicyclic amines) is 1. The molecule has 2 atom stereocenters. The van der Waals surface area contributed by atoms with Crippen LogP contribution in [0.3, 0.4) is 0 Å². The highest BCUT2D eigenvalue weighted by atomic mass is 19.4. The Morgan fingerprint density at radius 3 is 1.98 bits per heavy atom. The fraction of sp³-hybridized carbons (Fsp3) is 0.516. The van der Waals surface area contributed by atoms with Gasteiger partial charge in [-0.15, -0.1) is 0 Å². The van der Waals surface area contributed by atoms with E-state index < -0.39 is 59.1 Å². The van der Waals surface area contributed by atoms with Gasteiger partial charge in [-0.2, -0.15) is 26.3 Å². The molecule has 2 fully saturated rings. The van der Waals surface area contributed by atoms with Crippen molar-refractivity contribution in [1.82, 2.24) is 15.1 Å². The largest absolute Gasteiger partial charge is 0.449 e. The van der Waals surface area contributed by atoms with Crippen molar-refractivity contribution in [3.05, 3.63) is 65.0 Å². The van der Waals surface area contributed by atoms with Crippen LogP contribution in [0.5, 0.6) is 0 Å². The fourth-order valence-corrected chi connectivity index (χ4v) is 6.12. The molecule has 1 aliphatic carbocycles. The zero-order chi connectivity index (χ0) is 34.0.